The van der Waals surface area contributed by atoms with E-state index in [0.29, 0.717) is 31.5 Å². The second-order valence-corrected chi connectivity index (χ2v) is 7.66. The Morgan fingerprint density at radius 2 is 1.68 bits per heavy atom. The molecule has 0 radical (unpaired) electrons. The molecule has 0 amide bonds. The SMILES string of the molecule is Cc1c(CN2CCC(O)(c3ccc(C(F)(F)F)cc3)CC2)[nH]c2ccccc12. The van der Waals surface area contributed by atoms with Gasteiger partial charge in [0.05, 0.1) is 11.2 Å². The summed E-state index contributed by atoms with van der Waals surface area (Å²) in [6.07, 6.45) is -3.36. The summed E-state index contributed by atoms with van der Waals surface area (Å²) in [5.74, 6) is 0. The molecule has 28 heavy (non-hydrogen) atoms. The van der Waals surface area contributed by atoms with Crippen LogP contribution in [-0.2, 0) is 18.3 Å². The number of aromatic amines is 1. The van der Waals surface area contributed by atoms with Crippen molar-refractivity contribution in [3.63, 3.8) is 0 Å². The Bertz CT molecular complexity index is 968. The number of benzene rings is 2. The van der Waals surface area contributed by atoms with Gasteiger partial charge in [0.15, 0.2) is 0 Å². The van der Waals surface area contributed by atoms with E-state index in [4.69, 9.17) is 0 Å². The Morgan fingerprint density at radius 1 is 1.04 bits per heavy atom. The van der Waals surface area contributed by atoms with E-state index in [0.717, 1.165) is 24.2 Å². The Kier molecular flexibility index (Phi) is 4.71. The van der Waals surface area contributed by atoms with Crippen LogP contribution in [0.2, 0.25) is 0 Å². The topological polar surface area (TPSA) is 39.3 Å². The summed E-state index contributed by atoms with van der Waals surface area (Å²) < 4.78 is 38.3. The smallest absolute Gasteiger partial charge is 0.385 e. The molecule has 0 aliphatic carbocycles. The van der Waals surface area contributed by atoms with Gasteiger partial charge < -0.3 is 10.1 Å². The summed E-state index contributed by atoms with van der Waals surface area (Å²) in [6.45, 7) is 4.25. The van der Waals surface area contributed by atoms with Crippen molar-refractivity contribution >= 4 is 10.9 Å². The van der Waals surface area contributed by atoms with Gasteiger partial charge in [-0.3, -0.25) is 4.90 Å². The molecule has 0 unspecified atom stereocenters. The highest BCUT2D eigenvalue weighted by atomic mass is 19.4. The molecule has 2 N–H and O–H groups in total. The number of para-hydroxylation sites is 1. The fourth-order valence-corrected chi connectivity index (χ4v) is 4.06. The van der Waals surface area contributed by atoms with Crippen molar-refractivity contribution in [3.05, 3.63) is 70.9 Å². The van der Waals surface area contributed by atoms with Crippen LogP contribution in [0.1, 0.15) is 35.2 Å². The van der Waals surface area contributed by atoms with Crippen molar-refractivity contribution in [2.75, 3.05) is 13.1 Å². The van der Waals surface area contributed by atoms with Crippen LogP contribution in [-0.4, -0.2) is 28.1 Å². The van der Waals surface area contributed by atoms with Gasteiger partial charge in [-0.15, -0.1) is 0 Å². The number of alkyl halides is 3. The van der Waals surface area contributed by atoms with Gasteiger partial charge in [0.1, 0.15) is 0 Å². The van der Waals surface area contributed by atoms with Gasteiger partial charge in [-0.05, 0) is 49.1 Å². The number of likely N-dealkylation sites (tertiary alicyclic amines) is 1. The number of aliphatic hydroxyl groups is 1. The number of hydrogen-bond donors (Lipinski definition) is 2. The zero-order chi connectivity index (χ0) is 19.9. The van der Waals surface area contributed by atoms with E-state index in [1.807, 2.05) is 12.1 Å². The number of aryl methyl sites for hydroxylation is 1. The van der Waals surface area contributed by atoms with Crippen molar-refractivity contribution in [3.8, 4) is 0 Å². The zero-order valence-corrected chi connectivity index (χ0v) is 15.7. The fourth-order valence-electron chi connectivity index (χ4n) is 4.06. The number of halogens is 3. The van der Waals surface area contributed by atoms with E-state index in [2.05, 4.69) is 28.9 Å². The largest absolute Gasteiger partial charge is 0.416 e. The normalized spacial score (nSPS) is 17.9. The van der Waals surface area contributed by atoms with Gasteiger partial charge in [-0.25, -0.2) is 0 Å². The first-order valence-corrected chi connectivity index (χ1v) is 9.45. The van der Waals surface area contributed by atoms with E-state index < -0.39 is 17.3 Å². The molecule has 1 fully saturated rings. The lowest BCUT2D eigenvalue weighted by atomic mass is 9.84. The molecule has 1 saturated heterocycles. The highest BCUT2D eigenvalue weighted by Crippen LogP contribution is 2.36. The first kappa shape index (κ1) is 19.0. The highest BCUT2D eigenvalue weighted by molar-refractivity contribution is 5.84. The third-order valence-corrected chi connectivity index (χ3v) is 5.88. The molecule has 6 heteroatoms. The Labute approximate surface area is 161 Å². The molecule has 2 aromatic carbocycles. The number of aromatic nitrogens is 1. The van der Waals surface area contributed by atoms with Crippen LogP contribution in [0, 0.1) is 6.92 Å². The minimum atomic E-state index is -4.36. The molecule has 3 aromatic rings. The second kappa shape index (κ2) is 6.94. The second-order valence-electron chi connectivity index (χ2n) is 7.66. The van der Waals surface area contributed by atoms with Crippen molar-refractivity contribution in [2.45, 2.75) is 38.1 Å². The summed E-state index contributed by atoms with van der Waals surface area (Å²) in [4.78, 5) is 5.75. The number of piperidine rings is 1. The predicted molar refractivity (Wildman–Crippen MR) is 103 cm³/mol. The highest BCUT2D eigenvalue weighted by Gasteiger charge is 2.36. The van der Waals surface area contributed by atoms with Gasteiger partial charge in [0.25, 0.3) is 0 Å². The quantitative estimate of drug-likeness (QED) is 0.664. The summed E-state index contributed by atoms with van der Waals surface area (Å²) >= 11 is 0. The van der Waals surface area contributed by atoms with E-state index in [1.54, 1.807) is 0 Å². The van der Waals surface area contributed by atoms with Gasteiger partial charge in [0.2, 0.25) is 0 Å². The molecule has 1 aliphatic heterocycles. The molecule has 148 valence electrons. The first-order chi connectivity index (χ1) is 13.3. The predicted octanol–water partition coefficient (Wildman–Crippen LogP) is 4.98. The van der Waals surface area contributed by atoms with E-state index in [9.17, 15) is 18.3 Å². The third kappa shape index (κ3) is 3.54. The van der Waals surface area contributed by atoms with Crippen LogP contribution in [0.15, 0.2) is 48.5 Å². The Balaban J connectivity index is 1.44. The molecular weight excluding hydrogens is 365 g/mol. The Morgan fingerprint density at radius 3 is 2.29 bits per heavy atom. The number of nitrogens with zero attached hydrogens (tertiary/aromatic N) is 1. The van der Waals surface area contributed by atoms with Crippen molar-refractivity contribution < 1.29 is 18.3 Å². The minimum Gasteiger partial charge on any atom is -0.385 e. The lowest BCUT2D eigenvalue weighted by Gasteiger charge is -2.38. The van der Waals surface area contributed by atoms with Crippen LogP contribution in [0.3, 0.4) is 0 Å². The molecule has 0 spiro atoms. The van der Waals surface area contributed by atoms with E-state index >= 15 is 0 Å². The lowest BCUT2D eigenvalue weighted by Crippen LogP contribution is -2.42. The van der Waals surface area contributed by atoms with Crippen molar-refractivity contribution in [1.29, 1.82) is 0 Å². The van der Waals surface area contributed by atoms with Gasteiger partial charge >= 0.3 is 6.18 Å². The van der Waals surface area contributed by atoms with E-state index in [-0.39, 0.29) is 0 Å². The molecule has 0 atom stereocenters. The van der Waals surface area contributed by atoms with Gasteiger partial charge in [-0.2, -0.15) is 13.2 Å². The van der Waals surface area contributed by atoms with Crippen LogP contribution >= 0.6 is 0 Å². The van der Waals surface area contributed by atoms with Crippen molar-refractivity contribution in [1.82, 2.24) is 9.88 Å². The third-order valence-electron chi connectivity index (χ3n) is 5.88. The van der Waals surface area contributed by atoms with Crippen LogP contribution in [0.5, 0.6) is 0 Å². The average molecular weight is 388 g/mol. The number of rotatable bonds is 3. The Hall–Kier alpha value is -2.31. The molecule has 3 nitrogen and oxygen atoms in total. The molecule has 2 heterocycles. The standard InChI is InChI=1S/C22H23F3N2O/c1-15-18-4-2-3-5-19(18)26-20(15)14-27-12-10-21(28,11-13-27)16-6-8-17(9-7-16)22(23,24)25/h2-9,26,28H,10-14H2,1H3. The first-order valence-electron chi connectivity index (χ1n) is 9.45. The number of hydrogen-bond acceptors (Lipinski definition) is 2. The molecule has 0 saturated carbocycles. The summed E-state index contributed by atoms with van der Waals surface area (Å²) in [6, 6.07) is 13.1. The maximum atomic E-state index is 12.8. The molecule has 0 bridgehead atoms. The lowest BCUT2D eigenvalue weighted by molar-refractivity contribution is -0.137. The fraction of sp³-hybridized carbons (Fsp3) is 0.364. The minimum absolute atomic E-state index is 0.498. The van der Waals surface area contributed by atoms with Gasteiger partial charge in [0, 0.05) is 36.2 Å². The van der Waals surface area contributed by atoms with Crippen LogP contribution < -0.4 is 0 Å². The summed E-state index contributed by atoms with van der Waals surface area (Å²) in [5.41, 5.74) is 2.32. The van der Waals surface area contributed by atoms with E-state index in [1.165, 1.54) is 28.8 Å². The average Bonchev–Trinajstić information content (AvgIpc) is 2.99. The van der Waals surface area contributed by atoms with Crippen LogP contribution in [0.4, 0.5) is 13.2 Å². The summed E-state index contributed by atoms with van der Waals surface area (Å²) in [7, 11) is 0. The van der Waals surface area contributed by atoms with Gasteiger partial charge in [-0.1, -0.05) is 30.3 Å². The maximum Gasteiger partial charge on any atom is 0.416 e. The maximum absolute atomic E-state index is 12.8. The number of nitrogens with one attached hydrogen (secondary N) is 1. The molecule has 4 rings (SSSR count). The van der Waals surface area contributed by atoms with Crippen LogP contribution in [0.25, 0.3) is 10.9 Å². The number of fused-ring (bicyclic) bond motifs is 1. The number of H-pyrrole nitrogens is 1. The monoisotopic (exact) mass is 388 g/mol. The molecule has 1 aromatic heterocycles. The zero-order valence-electron chi connectivity index (χ0n) is 15.7. The summed E-state index contributed by atoms with van der Waals surface area (Å²) in [5, 5.41) is 12.2. The molecule has 1 aliphatic rings. The van der Waals surface area contributed by atoms with Crippen molar-refractivity contribution in [2.24, 2.45) is 0 Å². The molecular formula is C22H23F3N2O.